The second-order valence-electron chi connectivity index (χ2n) is 2.75. The topological polar surface area (TPSA) is 63.8 Å². The Morgan fingerprint density at radius 3 is 2.69 bits per heavy atom. The van der Waals surface area contributed by atoms with Gasteiger partial charge in [0.25, 0.3) is 0 Å². The first-order chi connectivity index (χ1) is 6.27. The zero-order chi connectivity index (χ0) is 9.68. The van der Waals surface area contributed by atoms with E-state index in [1.807, 2.05) is 6.92 Å². The van der Waals surface area contributed by atoms with Gasteiger partial charge in [0.15, 0.2) is 0 Å². The summed E-state index contributed by atoms with van der Waals surface area (Å²) in [4.78, 5) is 8.24. The van der Waals surface area contributed by atoms with Gasteiger partial charge >= 0.3 is 0 Å². The molecule has 0 bridgehead atoms. The summed E-state index contributed by atoms with van der Waals surface area (Å²) in [5, 5.41) is 0. The van der Waals surface area contributed by atoms with Gasteiger partial charge in [0.1, 0.15) is 5.82 Å². The van der Waals surface area contributed by atoms with Gasteiger partial charge in [-0.15, -0.1) is 12.3 Å². The van der Waals surface area contributed by atoms with Crippen molar-refractivity contribution in [3.05, 3.63) is 23.8 Å². The monoisotopic (exact) mass is 176 g/mol. The highest BCUT2D eigenvalue weighted by molar-refractivity contribution is 5.06. The summed E-state index contributed by atoms with van der Waals surface area (Å²) in [6.07, 6.45) is 9.14. The number of nitrogens with zero attached hydrogens (tertiary/aromatic N) is 2. The van der Waals surface area contributed by atoms with Crippen molar-refractivity contribution in [2.45, 2.75) is 19.4 Å². The number of hydrazine groups is 1. The maximum absolute atomic E-state index is 5.30. The highest BCUT2D eigenvalue weighted by Crippen LogP contribution is 2.09. The molecule has 3 N–H and O–H groups in total. The first-order valence-corrected chi connectivity index (χ1v) is 3.96. The second-order valence-corrected chi connectivity index (χ2v) is 2.75. The Morgan fingerprint density at radius 2 is 2.23 bits per heavy atom. The van der Waals surface area contributed by atoms with E-state index in [-0.39, 0.29) is 6.04 Å². The van der Waals surface area contributed by atoms with Crippen LogP contribution in [0.15, 0.2) is 12.4 Å². The fraction of sp³-hybridized carbons (Fsp3) is 0.333. The molecular weight excluding hydrogens is 164 g/mol. The Morgan fingerprint density at radius 1 is 1.62 bits per heavy atom. The molecule has 1 aromatic heterocycles. The van der Waals surface area contributed by atoms with E-state index in [0.29, 0.717) is 12.2 Å². The molecule has 1 atom stereocenters. The maximum Gasteiger partial charge on any atom is 0.147 e. The number of terminal acetylenes is 1. The Hall–Kier alpha value is -1.44. The summed E-state index contributed by atoms with van der Waals surface area (Å²) in [6.45, 7) is 1.93. The summed E-state index contributed by atoms with van der Waals surface area (Å²) >= 11 is 0. The fourth-order valence-corrected chi connectivity index (χ4v) is 0.925. The van der Waals surface area contributed by atoms with Crippen LogP contribution in [0.5, 0.6) is 0 Å². The lowest BCUT2D eigenvalue weighted by atomic mass is 10.2. The van der Waals surface area contributed by atoms with Crippen LogP contribution in [0, 0.1) is 19.3 Å². The minimum absolute atomic E-state index is 0.161. The van der Waals surface area contributed by atoms with E-state index >= 15 is 0 Å². The third-order valence-corrected chi connectivity index (χ3v) is 1.64. The molecule has 4 nitrogen and oxygen atoms in total. The number of aromatic nitrogens is 2. The van der Waals surface area contributed by atoms with Crippen LogP contribution < -0.4 is 11.3 Å². The van der Waals surface area contributed by atoms with Crippen molar-refractivity contribution in [3.63, 3.8) is 0 Å². The molecule has 0 amide bonds. The molecule has 1 heterocycles. The maximum atomic E-state index is 5.30. The number of nitrogens with one attached hydrogen (secondary N) is 1. The van der Waals surface area contributed by atoms with Gasteiger partial charge in [-0.2, -0.15) is 0 Å². The number of rotatable bonds is 3. The molecule has 1 rings (SSSR count). The van der Waals surface area contributed by atoms with Crippen LogP contribution in [0.4, 0.5) is 0 Å². The average molecular weight is 176 g/mol. The lowest BCUT2D eigenvalue weighted by Gasteiger charge is -2.10. The Kier molecular flexibility index (Phi) is 3.38. The van der Waals surface area contributed by atoms with E-state index in [2.05, 4.69) is 21.3 Å². The van der Waals surface area contributed by atoms with Gasteiger partial charge < -0.3 is 0 Å². The summed E-state index contributed by atoms with van der Waals surface area (Å²) in [5.41, 5.74) is 3.59. The molecule has 1 unspecified atom stereocenters. The van der Waals surface area contributed by atoms with Crippen molar-refractivity contribution in [2.24, 2.45) is 5.84 Å². The zero-order valence-corrected chi connectivity index (χ0v) is 7.49. The SMILES string of the molecule is C#CCC(NN)c1ncc(C)cn1. The van der Waals surface area contributed by atoms with Crippen molar-refractivity contribution in [2.75, 3.05) is 0 Å². The third kappa shape index (κ3) is 2.51. The first-order valence-electron chi connectivity index (χ1n) is 3.96. The summed E-state index contributed by atoms with van der Waals surface area (Å²) in [6, 6.07) is -0.161. The molecule has 0 saturated heterocycles. The molecule has 0 radical (unpaired) electrons. The summed E-state index contributed by atoms with van der Waals surface area (Å²) in [5.74, 6) is 8.44. The normalized spacial score (nSPS) is 12.1. The van der Waals surface area contributed by atoms with Crippen LogP contribution >= 0.6 is 0 Å². The van der Waals surface area contributed by atoms with E-state index < -0.39 is 0 Å². The predicted octanol–water partition coefficient (Wildman–Crippen LogP) is 0.313. The number of hydrogen-bond acceptors (Lipinski definition) is 4. The molecular formula is C9H12N4. The van der Waals surface area contributed by atoms with Crippen LogP contribution in [-0.4, -0.2) is 9.97 Å². The molecule has 0 aliphatic heterocycles. The van der Waals surface area contributed by atoms with Crippen LogP contribution in [0.3, 0.4) is 0 Å². The Balaban J connectivity index is 2.80. The molecule has 0 saturated carbocycles. The van der Waals surface area contributed by atoms with Crippen LogP contribution in [0.2, 0.25) is 0 Å². The molecule has 13 heavy (non-hydrogen) atoms. The van der Waals surface area contributed by atoms with Gasteiger partial charge in [0.2, 0.25) is 0 Å². The van der Waals surface area contributed by atoms with Crippen molar-refractivity contribution >= 4 is 0 Å². The van der Waals surface area contributed by atoms with Gasteiger partial charge in [-0.25, -0.2) is 15.4 Å². The minimum atomic E-state index is -0.161. The molecule has 68 valence electrons. The highest BCUT2D eigenvalue weighted by Gasteiger charge is 2.09. The number of aryl methyl sites for hydroxylation is 1. The smallest absolute Gasteiger partial charge is 0.147 e. The molecule has 0 aliphatic carbocycles. The molecule has 1 aromatic rings. The largest absolute Gasteiger partial charge is 0.271 e. The predicted molar refractivity (Wildman–Crippen MR) is 50.3 cm³/mol. The standard InChI is InChI=1S/C9H12N4/c1-3-4-8(13-10)9-11-5-7(2)6-12-9/h1,5-6,8,13H,4,10H2,2H3. The Bertz CT molecular complexity index is 298. The van der Waals surface area contributed by atoms with Crippen LogP contribution in [0.1, 0.15) is 23.9 Å². The second kappa shape index (κ2) is 4.55. The van der Waals surface area contributed by atoms with Gasteiger partial charge in [-0.05, 0) is 12.5 Å². The van der Waals surface area contributed by atoms with Crippen LogP contribution in [0.25, 0.3) is 0 Å². The summed E-state index contributed by atoms with van der Waals surface area (Å²) < 4.78 is 0. The Labute approximate surface area is 77.6 Å². The van der Waals surface area contributed by atoms with E-state index in [1.54, 1.807) is 12.4 Å². The van der Waals surface area contributed by atoms with Gasteiger partial charge in [-0.1, -0.05) is 0 Å². The van der Waals surface area contributed by atoms with Crippen molar-refractivity contribution in [1.29, 1.82) is 0 Å². The lowest BCUT2D eigenvalue weighted by molar-refractivity contribution is 0.536. The third-order valence-electron chi connectivity index (χ3n) is 1.64. The fourth-order valence-electron chi connectivity index (χ4n) is 0.925. The van der Waals surface area contributed by atoms with Gasteiger partial charge in [-0.3, -0.25) is 5.84 Å². The van der Waals surface area contributed by atoms with E-state index in [9.17, 15) is 0 Å². The van der Waals surface area contributed by atoms with E-state index in [0.717, 1.165) is 5.56 Å². The number of nitrogens with two attached hydrogens (primary N) is 1. The van der Waals surface area contributed by atoms with Crippen molar-refractivity contribution in [3.8, 4) is 12.3 Å². The number of hydrogen-bond donors (Lipinski definition) is 2. The molecule has 4 heteroatoms. The van der Waals surface area contributed by atoms with E-state index in [1.165, 1.54) is 0 Å². The molecule has 0 aliphatic rings. The molecule has 0 spiro atoms. The quantitative estimate of drug-likeness (QED) is 0.395. The van der Waals surface area contributed by atoms with Crippen molar-refractivity contribution in [1.82, 2.24) is 15.4 Å². The van der Waals surface area contributed by atoms with Gasteiger partial charge in [0.05, 0.1) is 6.04 Å². The van der Waals surface area contributed by atoms with E-state index in [4.69, 9.17) is 12.3 Å². The van der Waals surface area contributed by atoms with Crippen LogP contribution in [-0.2, 0) is 0 Å². The first kappa shape index (κ1) is 9.65. The highest BCUT2D eigenvalue weighted by atomic mass is 15.2. The zero-order valence-electron chi connectivity index (χ0n) is 7.49. The molecule has 0 fully saturated rings. The average Bonchev–Trinajstić information content (AvgIpc) is 2.16. The minimum Gasteiger partial charge on any atom is -0.271 e. The molecule has 0 aromatic carbocycles. The van der Waals surface area contributed by atoms with Crippen molar-refractivity contribution < 1.29 is 0 Å². The summed E-state index contributed by atoms with van der Waals surface area (Å²) in [7, 11) is 0. The van der Waals surface area contributed by atoms with Gasteiger partial charge in [0, 0.05) is 18.8 Å². The lowest BCUT2D eigenvalue weighted by Crippen LogP contribution is -2.29.